The Morgan fingerprint density at radius 2 is 1.91 bits per heavy atom. The average Bonchev–Trinajstić information content (AvgIpc) is 2.72. The van der Waals surface area contributed by atoms with Crippen LogP contribution in [0.4, 0.5) is 0 Å². The first kappa shape index (κ1) is 14.4. The van der Waals surface area contributed by atoms with Gasteiger partial charge in [0.2, 0.25) is 0 Å². The van der Waals surface area contributed by atoms with Crippen LogP contribution in [0.5, 0.6) is 0 Å². The molecule has 0 aromatic carbocycles. The first-order chi connectivity index (χ1) is 10.2. The number of hydrogen-bond donors (Lipinski definition) is 0. The van der Waals surface area contributed by atoms with E-state index in [2.05, 4.69) is 27.4 Å². The van der Waals surface area contributed by atoms with Crippen LogP contribution in [0.2, 0.25) is 0 Å². The number of carbonyl (C=O) groups excluding carboxylic acids is 2. The second kappa shape index (κ2) is 4.01. The molecule has 2 nitrogen and oxygen atoms in total. The summed E-state index contributed by atoms with van der Waals surface area (Å²) in [5, 5.41) is 0. The zero-order chi connectivity index (χ0) is 15.9. The summed E-state index contributed by atoms with van der Waals surface area (Å²) in [7, 11) is 0. The number of hydrogen-bond acceptors (Lipinski definition) is 2. The summed E-state index contributed by atoms with van der Waals surface area (Å²) in [6.07, 6.45) is 7.58. The molecular formula is C20H26O2. The molecule has 0 N–H and O–H groups in total. The van der Waals surface area contributed by atoms with Crippen LogP contribution in [0.15, 0.2) is 23.8 Å². The Bertz CT molecular complexity index is 638. The summed E-state index contributed by atoms with van der Waals surface area (Å²) >= 11 is 0. The van der Waals surface area contributed by atoms with Crippen LogP contribution in [0.25, 0.3) is 0 Å². The summed E-state index contributed by atoms with van der Waals surface area (Å²) < 4.78 is 0. The first-order valence-electron chi connectivity index (χ1n) is 8.68. The minimum Gasteiger partial charge on any atom is -0.299 e. The van der Waals surface area contributed by atoms with Gasteiger partial charge in [-0.25, -0.2) is 0 Å². The van der Waals surface area contributed by atoms with Gasteiger partial charge in [-0.05, 0) is 67.4 Å². The van der Waals surface area contributed by atoms with Gasteiger partial charge in [-0.15, -0.1) is 0 Å². The Morgan fingerprint density at radius 1 is 1.18 bits per heavy atom. The van der Waals surface area contributed by atoms with Crippen molar-refractivity contribution >= 4 is 11.6 Å². The first-order valence-corrected chi connectivity index (χ1v) is 8.68. The van der Waals surface area contributed by atoms with E-state index in [4.69, 9.17) is 0 Å². The van der Waals surface area contributed by atoms with Gasteiger partial charge in [0.25, 0.3) is 0 Å². The molecule has 0 saturated heterocycles. The SMILES string of the molecule is C=C1C[C@@]23CC[C@@H]4C(C)(C)CCC(=O)[C@@]4(C)C2=CC(=O)[C@@H]1C3. The molecule has 0 amide bonds. The molecule has 0 heterocycles. The average molecular weight is 298 g/mol. The molecule has 3 fully saturated rings. The van der Waals surface area contributed by atoms with Gasteiger partial charge in [0.1, 0.15) is 5.78 Å². The van der Waals surface area contributed by atoms with Gasteiger partial charge < -0.3 is 0 Å². The summed E-state index contributed by atoms with van der Waals surface area (Å²) in [5.74, 6) is 0.962. The Hall–Kier alpha value is -1.18. The van der Waals surface area contributed by atoms with Gasteiger partial charge in [0.05, 0.1) is 5.41 Å². The molecule has 0 unspecified atom stereocenters. The Morgan fingerprint density at radius 3 is 2.64 bits per heavy atom. The molecule has 118 valence electrons. The van der Waals surface area contributed by atoms with E-state index >= 15 is 0 Å². The van der Waals surface area contributed by atoms with E-state index in [1.54, 1.807) is 0 Å². The van der Waals surface area contributed by atoms with E-state index in [0.717, 1.165) is 37.7 Å². The quantitative estimate of drug-likeness (QED) is 0.626. The molecule has 0 radical (unpaired) electrons. The van der Waals surface area contributed by atoms with Crippen molar-refractivity contribution in [2.45, 2.75) is 59.3 Å². The normalized spacial score (nSPS) is 46.1. The van der Waals surface area contributed by atoms with E-state index in [1.807, 2.05) is 6.08 Å². The third kappa shape index (κ3) is 1.51. The van der Waals surface area contributed by atoms with E-state index < -0.39 is 5.41 Å². The van der Waals surface area contributed by atoms with Crippen molar-refractivity contribution < 1.29 is 9.59 Å². The summed E-state index contributed by atoms with van der Waals surface area (Å²) in [6.45, 7) is 10.9. The second-order valence-corrected chi connectivity index (χ2v) is 9.04. The van der Waals surface area contributed by atoms with Crippen molar-refractivity contribution in [3.63, 3.8) is 0 Å². The van der Waals surface area contributed by atoms with Gasteiger partial charge in [0.15, 0.2) is 5.78 Å². The molecule has 2 bridgehead atoms. The number of fused-ring (bicyclic) bond motifs is 3. The largest absolute Gasteiger partial charge is 0.299 e. The Labute approximate surface area is 133 Å². The highest BCUT2D eigenvalue weighted by Gasteiger charge is 2.63. The Balaban J connectivity index is 1.90. The van der Waals surface area contributed by atoms with Gasteiger partial charge in [0, 0.05) is 12.3 Å². The second-order valence-electron chi connectivity index (χ2n) is 9.04. The molecule has 4 aliphatic carbocycles. The summed E-state index contributed by atoms with van der Waals surface area (Å²) in [4.78, 5) is 25.5. The van der Waals surface area contributed by atoms with Crippen molar-refractivity contribution in [3.05, 3.63) is 23.8 Å². The lowest BCUT2D eigenvalue weighted by molar-refractivity contribution is -0.142. The van der Waals surface area contributed by atoms with Crippen LogP contribution in [0.1, 0.15) is 59.3 Å². The highest BCUT2D eigenvalue weighted by molar-refractivity contribution is 6.00. The fourth-order valence-corrected chi connectivity index (χ4v) is 6.38. The van der Waals surface area contributed by atoms with Crippen molar-refractivity contribution in [1.29, 1.82) is 0 Å². The molecule has 22 heavy (non-hydrogen) atoms. The zero-order valence-corrected chi connectivity index (χ0v) is 14.0. The van der Waals surface area contributed by atoms with Crippen LogP contribution in [-0.4, -0.2) is 11.6 Å². The lowest BCUT2D eigenvalue weighted by atomic mass is 9.44. The number of ketones is 2. The highest BCUT2D eigenvalue weighted by atomic mass is 16.1. The Kier molecular flexibility index (Phi) is 2.63. The fourth-order valence-electron chi connectivity index (χ4n) is 6.38. The molecular weight excluding hydrogens is 272 g/mol. The van der Waals surface area contributed by atoms with Gasteiger partial charge >= 0.3 is 0 Å². The minimum atomic E-state index is -0.425. The lowest BCUT2D eigenvalue weighted by Gasteiger charge is -2.59. The molecule has 4 atom stereocenters. The molecule has 0 aromatic rings. The predicted molar refractivity (Wildman–Crippen MR) is 86.2 cm³/mol. The maximum absolute atomic E-state index is 13.0. The molecule has 4 aliphatic rings. The molecule has 1 spiro atoms. The molecule has 4 rings (SSSR count). The number of carbonyl (C=O) groups is 2. The highest BCUT2D eigenvalue weighted by Crippen LogP contribution is 2.69. The number of allylic oxidation sites excluding steroid dienone is 3. The third-order valence-corrected chi connectivity index (χ3v) is 7.54. The van der Waals surface area contributed by atoms with Crippen molar-refractivity contribution in [2.75, 3.05) is 0 Å². The standard InChI is InChI=1S/C20H26O2/c1-12-10-20-8-5-15-18(2,3)7-6-17(22)19(15,4)16(20)9-14(21)13(12)11-20/h9,13,15H,1,5-8,10-11H2,2-4H3/t13-,15-,19-,20-/m1/s1. The van der Waals surface area contributed by atoms with Crippen LogP contribution in [0.3, 0.4) is 0 Å². The van der Waals surface area contributed by atoms with Crippen LogP contribution in [-0.2, 0) is 9.59 Å². The fraction of sp³-hybridized carbons (Fsp3) is 0.700. The number of rotatable bonds is 0. The monoisotopic (exact) mass is 298 g/mol. The van der Waals surface area contributed by atoms with Crippen LogP contribution >= 0.6 is 0 Å². The van der Waals surface area contributed by atoms with Gasteiger partial charge in [-0.2, -0.15) is 0 Å². The van der Waals surface area contributed by atoms with Crippen molar-refractivity contribution in [2.24, 2.45) is 28.1 Å². The van der Waals surface area contributed by atoms with Crippen LogP contribution < -0.4 is 0 Å². The topological polar surface area (TPSA) is 34.1 Å². The minimum absolute atomic E-state index is 0.0237. The lowest BCUT2D eigenvalue weighted by Crippen LogP contribution is -2.55. The van der Waals surface area contributed by atoms with E-state index in [0.29, 0.717) is 18.1 Å². The van der Waals surface area contributed by atoms with Crippen molar-refractivity contribution in [1.82, 2.24) is 0 Å². The molecule has 0 aliphatic heterocycles. The third-order valence-electron chi connectivity index (χ3n) is 7.54. The van der Waals surface area contributed by atoms with Crippen molar-refractivity contribution in [3.8, 4) is 0 Å². The van der Waals surface area contributed by atoms with E-state index in [1.165, 1.54) is 5.57 Å². The summed E-state index contributed by atoms with van der Waals surface area (Å²) in [6, 6.07) is 0. The number of Topliss-reactive ketones (excluding diaryl/α,β-unsaturated/α-hetero) is 1. The summed E-state index contributed by atoms with van der Waals surface area (Å²) in [5.41, 5.74) is 2.09. The maximum atomic E-state index is 13.0. The zero-order valence-electron chi connectivity index (χ0n) is 14.0. The molecule has 3 saturated carbocycles. The van der Waals surface area contributed by atoms with Gasteiger partial charge in [-0.1, -0.05) is 26.0 Å². The predicted octanol–water partition coefficient (Wildman–Crippen LogP) is 4.25. The van der Waals surface area contributed by atoms with E-state index in [-0.39, 0.29) is 22.5 Å². The maximum Gasteiger partial charge on any atom is 0.162 e. The van der Waals surface area contributed by atoms with E-state index in [9.17, 15) is 9.59 Å². The molecule has 0 aromatic heterocycles. The van der Waals surface area contributed by atoms with Gasteiger partial charge in [-0.3, -0.25) is 9.59 Å². The van der Waals surface area contributed by atoms with Crippen LogP contribution in [0, 0.1) is 28.1 Å². The molecule has 2 heteroatoms. The smallest absolute Gasteiger partial charge is 0.162 e.